The lowest BCUT2D eigenvalue weighted by Crippen LogP contribution is -2.47. The van der Waals surface area contributed by atoms with E-state index >= 15 is 0 Å². The number of nitrogens with one attached hydrogen (secondary N) is 1. The van der Waals surface area contributed by atoms with E-state index in [-0.39, 0.29) is 17.9 Å². The summed E-state index contributed by atoms with van der Waals surface area (Å²) in [5.41, 5.74) is 0.271. The number of carbonyl (C=O) groups excluding carboxylic acids is 5. The Morgan fingerprint density at radius 2 is 1.75 bits per heavy atom. The van der Waals surface area contributed by atoms with E-state index < -0.39 is 72.4 Å². The number of ether oxygens (including phenoxy) is 4. The molecule has 0 aromatic carbocycles. The summed E-state index contributed by atoms with van der Waals surface area (Å²) in [5, 5.41) is 2.45. The highest BCUT2D eigenvalue weighted by molar-refractivity contribution is 5.98. The van der Waals surface area contributed by atoms with E-state index in [4.69, 9.17) is 18.9 Å². The summed E-state index contributed by atoms with van der Waals surface area (Å²) in [6, 6.07) is 0.192. The molecule has 4 atom stereocenters. The molecule has 0 unspecified atom stereocenters. The Labute approximate surface area is 210 Å². The summed E-state index contributed by atoms with van der Waals surface area (Å²) in [7, 11) is 0. The zero-order valence-corrected chi connectivity index (χ0v) is 21.7. The molecule has 198 valence electrons. The maximum atomic E-state index is 13.1. The van der Waals surface area contributed by atoms with Crippen molar-refractivity contribution in [1.82, 2.24) is 10.3 Å². The average Bonchev–Trinajstić information content (AvgIpc) is 2.84. The standard InChI is InChI=1S/C25H34N2O9/c1-8-16-20(36-23(30)13(4)5)15(7)34-25(32)17(11-33-24(16)31)27-21(28)18-19(14(6)9-10-26-18)35-22(29)12(2)3/h9-10,12-13,15-17,20H,8,11H2,1-7H3,(H,27,28)/t15-,16+,17-,20-/m0/s1. The van der Waals surface area contributed by atoms with E-state index in [9.17, 15) is 24.0 Å². The van der Waals surface area contributed by atoms with Crippen LogP contribution >= 0.6 is 0 Å². The molecule has 0 aliphatic carbocycles. The monoisotopic (exact) mass is 506 g/mol. The summed E-state index contributed by atoms with van der Waals surface area (Å²) in [5.74, 6) is -5.33. The van der Waals surface area contributed by atoms with Crippen molar-refractivity contribution >= 4 is 29.8 Å². The normalized spacial score (nSPS) is 22.6. The number of cyclic esters (lactones) is 2. The highest BCUT2D eigenvalue weighted by Gasteiger charge is 2.41. The van der Waals surface area contributed by atoms with E-state index in [0.29, 0.717) is 5.56 Å². The minimum atomic E-state index is -1.38. The first-order valence-electron chi connectivity index (χ1n) is 11.9. The van der Waals surface area contributed by atoms with Gasteiger partial charge in [-0.2, -0.15) is 0 Å². The molecule has 1 aliphatic heterocycles. The minimum absolute atomic E-state index is 0.0396. The third-order valence-electron chi connectivity index (χ3n) is 5.60. The Hall–Kier alpha value is -3.50. The molecular formula is C25H34N2O9. The van der Waals surface area contributed by atoms with Crippen LogP contribution in [-0.4, -0.2) is 59.6 Å². The van der Waals surface area contributed by atoms with Gasteiger partial charge in [0.25, 0.3) is 5.91 Å². The van der Waals surface area contributed by atoms with Gasteiger partial charge in [-0.15, -0.1) is 0 Å². The lowest BCUT2D eigenvalue weighted by atomic mass is 9.95. The van der Waals surface area contributed by atoms with Crippen molar-refractivity contribution in [3.63, 3.8) is 0 Å². The molecule has 1 aromatic heterocycles. The predicted octanol–water partition coefficient (Wildman–Crippen LogP) is 2.13. The summed E-state index contributed by atoms with van der Waals surface area (Å²) in [4.78, 5) is 67.1. The summed E-state index contributed by atoms with van der Waals surface area (Å²) in [6.45, 7) is 10.9. The zero-order valence-electron chi connectivity index (χ0n) is 21.7. The van der Waals surface area contributed by atoms with Crippen molar-refractivity contribution in [2.75, 3.05) is 6.61 Å². The number of aryl methyl sites for hydroxylation is 1. The predicted molar refractivity (Wildman–Crippen MR) is 126 cm³/mol. The van der Waals surface area contributed by atoms with Gasteiger partial charge in [0.1, 0.15) is 12.7 Å². The number of hydrogen-bond acceptors (Lipinski definition) is 10. The number of carbonyl (C=O) groups is 5. The molecule has 1 aliphatic rings. The first-order chi connectivity index (χ1) is 16.9. The second kappa shape index (κ2) is 12.5. The molecule has 2 heterocycles. The van der Waals surface area contributed by atoms with E-state index in [2.05, 4.69) is 10.3 Å². The van der Waals surface area contributed by atoms with Gasteiger partial charge >= 0.3 is 23.9 Å². The molecule has 0 spiro atoms. The lowest BCUT2D eigenvalue weighted by molar-refractivity contribution is -0.176. The third kappa shape index (κ3) is 7.02. The Kier molecular flexibility index (Phi) is 9.94. The fourth-order valence-electron chi connectivity index (χ4n) is 3.36. The van der Waals surface area contributed by atoms with Crippen LogP contribution in [0.3, 0.4) is 0 Å². The topological polar surface area (TPSA) is 147 Å². The number of hydrogen-bond donors (Lipinski definition) is 1. The maximum absolute atomic E-state index is 13.1. The molecule has 36 heavy (non-hydrogen) atoms. The van der Waals surface area contributed by atoms with Crippen molar-refractivity contribution in [2.24, 2.45) is 17.8 Å². The van der Waals surface area contributed by atoms with Crippen LogP contribution in [0.1, 0.15) is 64.0 Å². The number of pyridine rings is 1. The highest BCUT2D eigenvalue weighted by atomic mass is 16.6. The SMILES string of the molecule is CC[C@H]1C(=O)OC[C@H](NC(=O)c2nccc(C)c2OC(=O)C(C)C)C(=O)O[C@@H](C)[C@@H]1OC(=O)C(C)C. The van der Waals surface area contributed by atoms with Crippen molar-refractivity contribution in [3.8, 4) is 5.75 Å². The van der Waals surface area contributed by atoms with Gasteiger partial charge in [-0.1, -0.05) is 34.6 Å². The zero-order chi connectivity index (χ0) is 27.2. The van der Waals surface area contributed by atoms with E-state index in [1.165, 1.54) is 13.1 Å². The number of aromatic nitrogens is 1. The summed E-state index contributed by atoms with van der Waals surface area (Å²) in [6.07, 6.45) is -0.419. The molecule has 1 saturated heterocycles. The van der Waals surface area contributed by atoms with Gasteiger partial charge in [-0.25, -0.2) is 9.78 Å². The summed E-state index contributed by atoms with van der Waals surface area (Å²) >= 11 is 0. The molecule has 1 aromatic rings. The van der Waals surface area contributed by atoms with Gasteiger partial charge in [0, 0.05) is 6.20 Å². The van der Waals surface area contributed by atoms with Crippen molar-refractivity contribution < 1.29 is 42.9 Å². The van der Waals surface area contributed by atoms with Crippen LogP contribution in [0.5, 0.6) is 5.75 Å². The molecule has 11 nitrogen and oxygen atoms in total. The van der Waals surface area contributed by atoms with Gasteiger partial charge in [-0.3, -0.25) is 19.2 Å². The van der Waals surface area contributed by atoms with E-state index in [1.807, 2.05) is 0 Å². The Bertz CT molecular complexity index is 1010. The van der Waals surface area contributed by atoms with Crippen molar-refractivity contribution in [1.29, 1.82) is 0 Å². The Morgan fingerprint density at radius 3 is 2.33 bits per heavy atom. The smallest absolute Gasteiger partial charge is 0.332 e. The maximum Gasteiger partial charge on any atom is 0.332 e. The largest absolute Gasteiger partial charge is 0.463 e. The molecule has 0 radical (unpaired) electrons. The molecule has 0 bridgehead atoms. The summed E-state index contributed by atoms with van der Waals surface area (Å²) < 4.78 is 21.6. The third-order valence-corrected chi connectivity index (χ3v) is 5.60. The first kappa shape index (κ1) is 28.7. The van der Waals surface area contributed by atoms with E-state index in [0.717, 1.165) is 0 Å². The van der Waals surface area contributed by atoms with Crippen molar-refractivity contribution in [2.45, 2.75) is 73.1 Å². The Balaban J connectivity index is 2.29. The second-order valence-electron chi connectivity index (χ2n) is 9.25. The first-order valence-corrected chi connectivity index (χ1v) is 11.9. The van der Waals surface area contributed by atoms with Gasteiger partial charge in [0.15, 0.2) is 23.6 Å². The minimum Gasteiger partial charge on any atom is -0.463 e. The van der Waals surface area contributed by atoms with Crippen LogP contribution in [0, 0.1) is 24.7 Å². The van der Waals surface area contributed by atoms with Gasteiger partial charge < -0.3 is 24.3 Å². The van der Waals surface area contributed by atoms with Crippen LogP contribution in [0.15, 0.2) is 12.3 Å². The van der Waals surface area contributed by atoms with Crippen LogP contribution in [0.2, 0.25) is 0 Å². The van der Waals surface area contributed by atoms with Gasteiger partial charge in [0.05, 0.1) is 17.8 Å². The van der Waals surface area contributed by atoms with Gasteiger partial charge in [-0.05, 0) is 31.9 Å². The molecule has 2 rings (SSSR count). The average molecular weight is 507 g/mol. The molecular weight excluding hydrogens is 472 g/mol. The van der Waals surface area contributed by atoms with E-state index in [1.54, 1.807) is 47.6 Å². The quantitative estimate of drug-likeness (QED) is 0.431. The molecule has 11 heteroatoms. The van der Waals surface area contributed by atoms with Crippen LogP contribution < -0.4 is 10.1 Å². The number of rotatable bonds is 7. The van der Waals surface area contributed by atoms with Crippen LogP contribution in [0.4, 0.5) is 0 Å². The van der Waals surface area contributed by atoms with Crippen LogP contribution in [0.25, 0.3) is 0 Å². The fraction of sp³-hybridized carbons (Fsp3) is 0.600. The van der Waals surface area contributed by atoms with Gasteiger partial charge in [0.2, 0.25) is 0 Å². The van der Waals surface area contributed by atoms with Crippen molar-refractivity contribution in [3.05, 3.63) is 23.5 Å². The van der Waals surface area contributed by atoms with Crippen LogP contribution in [-0.2, 0) is 33.4 Å². The number of nitrogens with zero attached hydrogens (tertiary/aromatic N) is 1. The Morgan fingerprint density at radius 1 is 1.11 bits per heavy atom. The lowest BCUT2D eigenvalue weighted by Gasteiger charge is -2.29. The molecule has 1 N–H and O–H groups in total. The molecule has 1 amide bonds. The molecule has 0 saturated carbocycles. The number of esters is 4. The number of amides is 1. The second-order valence-corrected chi connectivity index (χ2v) is 9.25. The highest BCUT2D eigenvalue weighted by Crippen LogP contribution is 2.25. The fourth-order valence-corrected chi connectivity index (χ4v) is 3.36. The molecule has 1 fully saturated rings.